The number of sulfonamides is 1. The second-order valence-corrected chi connectivity index (χ2v) is 8.05. The van der Waals surface area contributed by atoms with Crippen molar-refractivity contribution in [3.05, 3.63) is 53.6 Å². The Hall–Kier alpha value is -2.09. The van der Waals surface area contributed by atoms with Crippen LogP contribution in [0, 0.1) is 0 Å². The first kappa shape index (κ1) is 26.9. The minimum Gasteiger partial charge on any atom is -0.493 e. The lowest BCUT2D eigenvalue weighted by atomic mass is 10.2. The molecule has 9 nitrogen and oxygen atoms in total. The van der Waals surface area contributed by atoms with Gasteiger partial charge in [-0.15, -0.1) is 24.0 Å². The molecule has 0 fully saturated rings. The molecule has 0 aliphatic carbocycles. The monoisotopic (exact) mass is 564 g/mol. The molecule has 0 atom stereocenters. The first-order valence-electron chi connectivity index (χ1n) is 9.22. The van der Waals surface area contributed by atoms with E-state index in [1.54, 1.807) is 32.4 Å². The topological polar surface area (TPSA) is 124 Å². The third-order valence-corrected chi connectivity index (χ3v) is 5.62. The van der Waals surface area contributed by atoms with Crippen LogP contribution in [0.15, 0.2) is 52.4 Å². The SMILES string of the molecule is COCCNS(=O)(=O)c1cccc(CN=C(N)NCc2ccc(OC)c(OC)c2)c1.I. The van der Waals surface area contributed by atoms with E-state index >= 15 is 0 Å². The van der Waals surface area contributed by atoms with Gasteiger partial charge in [0.1, 0.15) is 0 Å². The molecule has 0 heterocycles. The van der Waals surface area contributed by atoms with Crippen molar-refractivity contribution in [2.75, 3.05) is 34.5 Å². The van der Waals surface area contributed by atoms with Crippen molar-refractivity contribution in [2.24, 2.45) is 10.7 Å². The third kappa shape index (κ3) is 8.51. The molecular weight excluding hydrogens is 535 g/mol. The van der Waals surface area contributed by atoms with Crippen molar-refractivity contribution < 1.29 is 22.6 Å². The van der Waals surface area contributed by atoms with Crippen LogP contribution in [0.2, 0.25) is 0 Å². The number of aliphatic imine (C=N–C) groups is 1. The zero-order chi connectivity index (χ0) is 22.0. The first-order chi connectivity index (χ1) is 14.4. The number of ether oxygens (including phenoxy) is 3. The third-order valence-electron chi connectivity index (χ3n) is 4.16. The normalized spacial score (nSPS) is 11.5. The molecule has 0 saturated carbocycles. The molecule has 0 spiro atoms. The molecule has 0 amide bonds. The summed E-state index contributed by atoms with van der Waals surface area (Å²) in [7, 11) is 1.07. The van der Waals surface area contributed by atoms with E-state index in [0.717, 1.165) is 11.1 Å². The highest BCUT2D eigenvalue weighted by Gasteiger charge is 2.13. The van der Waals surface area contributed by atoms with E-state index < -0.39 is 10.0 Å². The highest BCUT2D eigenvalue weighted by molar-refractivity contribution is 14.0. The van der Waals surface area contributed by atoms with Gasteiger partial charge in [-0.2, -0.15) is 0 Å². The number of benzene rings is 2. The molecule has 31 heavy (non-hydrogen) atoms. The van der Waals surface area contributed by atoms with Gasteiger partial charge < -0.3 is 25.3 Å². The first-order valence-corrected chi connectivity index (χ1v) is 10.7. The van der Waals surface area contributed by atoms with Crippen molar-refractivity contribution in [3.63, 3.8) is 0 Å². The summed E-state index contributed by atoms with van der Waals surface area (Å²) in [4.78, 5) is 4.45. The summed E-state index contributed by atoms with van der Waals surface area (Å²) in [5.74, 6) is 1.52. The summed E-state index contributed by atoms with van der Waals surface area (Å²) in [5, 5.41) is 3.02. The zero-order valence-electron chi connectivity index (χ0n) is 17.8. The van der Waals surface area contributed by atoms with Gasteiger partial charge in [-0.05, 0) is 35.4 Å². The van der Waals surface area contributed by atoms with Crippen LogP contribution in [0.3, 0.4) is 0 Å². The molecule has 0 bridgehead atoms. The number of hydrogen-bond donors (Lipinski definition) is 3. The summed E-state index contributed by atoms with van der Waals surface area (Å²) in [6.45, 7) is 1.19. The van der Waals surface area contributed by atoms with Crippen LogP contribution in [-0.2, 0) is 27.8 Å². The lowest BCUT2D eigenvalue weighted by Crippen LogP contribution is -2.31. The molecule has 0 saturated heterocycles. The van der Waals surface area contributed by atoms with Gasteiger partial charge in [0.05, 0.1) is 32.3 Å². The Morgan fingerprint density at radius 3 is 2.45 bits per heavy atom. The Labute approximate surface area is 200 Å². The number of nitrogens with one attached hydrogen (secondary N) is 2. The van der Waals surface area contributed by atoms with Crippen molar-refractivity contribution in [1.82, 2.24) is 10.0 Å². The Morgan fingerprint density at radius 1 is 1.03 bits per heavy atom. The minimum absolute atomic E-state index is 0. The van der Waals surface area contributed by atoms with Gasteiger partial charge >= 0.3 is 0 Å². The Morgan fingerprint density at radius 2 is 1.77 bits per heavy atom. The second-order valence-electron chi connectivity index (χ2n) is 6.28. The van der Waals surface area contributed by atoms with Crippen LogP contribution in [-0.4, -0.2) is 48.9 Å². The Kier molecular flexibility index (Phi) is 11.6. The smallest absolute Gasteiger partial charge is 0.240 e. The van der Waals surface area contributed by atoms with Gasteiger partial charge in [0, 0.05) is 20.2 Å². The largest absolute Gasteiger partial charge is 0.493 e. The fourth-order valence-electron chi connectivity index (χ4n) is 2.59. The van der Waals surface area contributed by atoms with Gasteiger partial charge in [-0.3, -0.25) is 0 Å². The lowest BCUT2D eigenvalue weighted by molar-refractivity contribution is 0.204. The fraction of sp³-hybridized carbons (Fsp3) is 0.350. The highest BCUT2D eigenvalue weighted by Crippen LogP contribution is 2.27. The number of guanidine groups is 1. The van der Waals surface area contributed by atoms with E-state index in [1.807, 2.05) is 18.2 Å². The molecule has 172 valence electrons. The maximum atomic E-state index is 12.3. The van der Waals surface area contributed by atoms with Gasteiger partial charge in [0.15, 0.2) is 17.5 Å². The fourth-order valence-corrected chi connectivity index (χ4v) is 3.67. The quantitative estimate of drug-likeness (QED) is 0.165. The van der Waals surface area contributed by atoms with Crippen LogP contribution in [0.1, 0.15) is 11.1 Å². The number of halogens is 1. The van der Waals surface area contributed by atoms with E-state index in [9.17, 15) is 8.42 Å². The van der Waals surface area contributed by atoms with Crippen molar-refractivity contribution in [3.8, 4) is 11.5 Å². The lowest BCUT2D eigenvalue weighted by Gasteiger charge is -2.11. The van der Waals surface area contributed by atoms with Crippen LogP contribution in [0.4, 0.5) is 0 Å². The summed E-state index contributed by atoms with van der Waals surface area (Å²) in [5.41, 5.74) is 7.61. The molecule has 11 heteroatoms. The van der Waals surface area contributed by atoms with Crippen LogP contribution < -0.4 is 25.2 Å². The summed E-state index contributed by atoms with van der Waals surface area (Å²) in [6, 6.07) is 12.1. The molecule has 0 radical (unpaired) electrons. The van der Waals surface area contributed by atoms with E-state index in [0.29, 0.717) is 24.7 Å². The predicted molar refractivity (Wildman–Crippen MR) is 131 cm³/mol. The second kappa shape index (κ2) is 13.3. The number of nitrogens with zero attached hydrogens (tertiary/aromatic N) is 1. The van der Waals surface area contributed by atoms with Crippen LogP contribution in [0.25, 0.3) is 0 Å². The number of methoxy groups -OCH3 is 3. The predicted octanol–water partition coefficient (Wildman–Crippen LogP) is 1.85. The summed E-state index contributed by atoms with van der Waals surface area (Å²) >= 11 is 0. The minimum atomic E-state index is -3.60. The molecule has 0 aliphatic rings. The van der Waals surface area contributed by atoms with E-state index in [4.69, 9.17) is 19.9 Å². The molecule has 2 aromatic rings. The van der Waals surface area contributed by atoms with E-state index in [-0.39, 0.29) is 47.9 Å². The molecule has 0 unspecified atom stereocenters. The average molecular weight is 564 g/mol. The van der Waals surface area contributed by atoms with Crippen LogP contribution in [0.5, 0.6) is 11.5 Å². The molecule has 2 aromatic carbocycles. The molecule has 0 aliphatic heterocycles. The molecule has 2 rings (SSSR count). The maximum Gasteiger partial charge on any atom is 0.240 e. The standard InChI is InChI=1S/C20H28N4O5S.HI/c1-27-10-9-24-30(25,26)17-6-4-5-15(11-17)13-22-20(21)23-14-16-7-8-18(28-2)19(12-16)29-3;/h4-8,11-12,24H,9-10,13-14H2,1-3H3,(H3,21,22,23);1H. The summed E-state index contributed by atoms with van der Waals surface area (Å²) in [6.07, 6.45) is 0. The van der Waals surface area contributed by atoms with Crippen molar-refractivity contribution in [2.45, 2.75) is 18.0 Å². The number of rotatable bonds is 11. The average Bonchev–Trinajstić information content (AvgIpc) is 2.76. The number of nitrogens with two attached hydrogens (primary N) is 1. The van der Waals surface area contributed by atoms with Crippen LogP contribution >= 0.6 is 24.0 Å². The van der Waals surface area contributed by atoms with Crippen molar-refractivity contribution in [1.29, 1.82) is 0 Å². The maximum absolute atomic E-state index is 12.3. The Balaban J connectivity index is 0.00000480. The van der Waals surface area contributed by atoms with Gasteiger partial charge in [-0.1, -0.05) is 18.2 Å². The zero-order valence-corrected chi connectivity index (χ0v) is 20.9. The number of hydrogen-bond acceptors (Lipinski definition) is 6. The Bertz CT molecular complexity index is 970. The summed E-state index contributed by atoms with van der Waals surface area (Å²) < 4.78 is 42.4. The molecule has 0 aromatic heterocycles. The highest BCUT2D eigenvalue weighted by atomic mass is 127. The van der Waals surface area contributed by atoms with Crippen molar-refractivity contribution >= 4 is 40.0 Å². The molecular formula is C20H29IN4O5S. The van der Waals surface area contributed by atoms with E-state index in [2.05, 4.69) is 15.0 Å². The molecule has 4 N–H and O–H groups in total. The van der Waals surface area contributed by atoms with E-state index in [1.165, 1.54) is 13.2 Å². The van der Waals surface area contributed by atoms with Gasteiger partial charge in [0.25, 0.3) is 0 Å². The van der Waals surface area contributed by atoms with Gasteiger partial charge in [0.2, 0.25) is 10.0 Å². The van der Waals surface area contributed by atoms with Gasteiger partial charge in [-0.25, -0.2) is 18.1 Å².